The Hall–Kier alpha value is -2.69. The molecule has 0 aliphatic carbocycles. The maximum atomic E-state index is 12.8. The maximum Gasteiger partial charge on any atom is 0.233 e. The minimum Gasteiger partial charge on any atom is -0.338 e. The van der Waals surface area contributed by atoms with Crippen LogP contribution in [0.3, 0.4) is 0 Å². The number of carbonyl (C=O) groups excluding carboxylic acids is 2. The summed E-state index contributed by atoms with van der Waals surface area (Å²) >= 11 is 0. The molecule has 2 amide bonds. The van der Waals surface area contributed by atoms with Gasteiger partial charge in [-0.25, -0.2) is 4.39 Å². The summed E-state index contributed by atoms with van der Waals surface area (Å²) in [7, 11) is 0. The molecule has 2 aromatic carbocycles. The molecular weight excluding hydrogens is 295 g/mol. The second-order valence-electron chi connectivity index (χ2n) is 5.57. The van der Waals surface area contributed by atoms with Crippen LogP contribution in [0.5, 0.6) is 0 Å². The van der Waals surface area contributed by atoms with Crippen LogP contribution in [0.15, 0.2) is 48.5 Å². The van der Waals surface area contributed by atoms with Crippen molar-refractivity contribution in [1.82, 2.24) is 4.90 Å². The van der Waals surface area contributed by atoms with Gasteiger partial charge in [-0.2, -0.15) is 0 Å². The molecule has 0 aromatic heterocycles. The van der Waals surface area contributed by atoms with E-state index in [2.05, 4.69) is 11.4 Å². The van der Waals surface area contributed by atoms with Crippen molar-refractivity contribution >= 4 is 17.5 Å². The summed E-state index contributed by atoms with van der Waals surface area (Å²) in [6.07, 6.45) is 0.598. The Labute approximate surface area is 133 Å². The van der Waals surface area contributed by atoms with Crippen LogP contribution in [0, 0.1) is 5.82 Å². The number of carbonyl (C=O) groups is 2. The Morgan fingerprint density at radius 1 is 1.04 bits per heavy atom. The number of nitrogens with one attached hydrogen (secondary N) is 1. The van der Waals surface area contributed by atoms with Gasteiger partial charge in [0.2, 0.25) is 11.8 Å². The summed E-state index contributed by atoms with van der Waals surface area (Å²) in [6.45, 7) is 1.17. The van der Waals surface area contributed by atoms with Crippen LogP contribution < -0.4 is 5.32 Å². The van der Waals surface area contributed by atoms with E-state index in [1.807, 2.05) is 18.2 Å². The first-order valence-corrected chi connectivity index (χ1v) is 7.52. The molecule has 0 unspecified atom stereocenters. The molecule has 2 aromatic rings. The van der Waals surface area contributed by atoms with Crippen LogP contribution in [0.2, 0.25) is 0 Å². The molecule has 118 valence electrons. The van der Waals surface area contributed by atoms with Gasteiger partial charge >= 0.3 is 0 Å². The highest BCUT2D eigenvalue weighted by atomic mass is 19.1. The molecule has 1 heterocycles. The van der Waals surface area contributed by atoms with Crippen LogP contribution in [0.4, 0.5) is 10.1 Å². The second kappa shape index (κ2) is 6.60. The zero-order valence-electron chi connectivity index (χ0n) is 12.6. The molecule has 0 radical (unpaired) electrons. The van der Waals surface area contributed by atoms with Crippen molar-refractivity contribution in [1.29, 1.82) is 0 Å². The number of anilines is 1. The molecule has 1 aliphatic heterocycles. The Kier molecular flexibility index (Phi) is 4.37. The van der Waals surface area contributed by atoms with Gasteiger partial charge in [-0.1, -0.05) is 24.3 Å². The summed E-state index contributed by atoms with van der Waals surface area (Å²) in [6, 6.07) is 13.5. The molecule has 3 rings (SSSR count). The zero-order valence-corrected chi connectivity index (χ0v) is 12.6. The molecule has 1 aliphatic rings. The second-order valence-corrected chi connectivity index (χ2v) is 5.57. The molecular formula is C18H17FN2O2. The van der Waals surface area contributed by atoms with E-state index in [1.165, 1.54) is 29.8 Å². The molecule has 0 atom stereocenters. The predicted octanol–water partition coefficient (Wildman–Crippen LogP) is 2.74. The van der Waals surface area contributed by atoms with E-state index in [-0.39, 0.29) is 24.1 Å². The maximum absolute atomic E-state index is 12.8. The van der Waals surface area contributed by atoms with Crippen molar-refractivity contribution in [2.24, 2.45) is 0 Å². The smallest absolute Gasteiger partial charge is 0.233 e. The third-order valence-electron chi connectivity index (χ3n) is 3.92. The number of fused-ring (bicyclic) bond motifs is 1. The van der Waals surface area contributed by atoms with E-state index in [0.717, 1.165) is 12.0 Å². The van der Waals surface area contributed by atoms with E-state index in [1.54, 1.807) is 4.90 Å². The van der Waals surface area contributed by atoms with Gasteiger partial charge in [0.1, 0.15) is 12.2 Å². The van der Waals surface area contributed by atoms with Crippen LogP contribution in [0.1, 0.15) is 17.5 Å². The van der Waals surface area contributed by atoms with Crippen LogP contribution >= 0.6 is 0 Å². The Morgan fingerprint density at radius 2 is 1.74 bits per heavy atom. The van der Waals surface area contributed by atoms with Gasteiger partial charge in [0.15, 0.2) is 0 Å². The van der Waals surface area contributed by atoms with Crippen molar-refractivity contribution < 1.29 is 14.0 Å². The van der Waals surface area contributed by atoms with Crippen molar-refractivity contribution in [3.05, 3.63) is 65.5 Å². The SMILES string of the molecule is O=C(CC(=O)N1CCc2ccccc2C1)Nc1ccc(F)cc1. The van der Waals surface area contributed by atoms with Gasteiger partial charge in [-0.05, 0) is 41.8 Å². The highest BCUT2D eigenvalue weighted by Crippen LogP contribution is 2.19. The molecule has 0 saturated carbocycles. The van der Waals surface area contributed by atoms with Crippen molar-refractivity contribution in [2.75, 3.05) is 11.9 Å². The van der Waals surface area contributed by atoms with E-state index >= 15 is 0 Å². The van der Waals surface area contributed by atoms with E-state index in [4.69, 9.17) is 0 Å². The Bertz CT molecular complexity index is 728. The van der Waals surface area contributed by atoms with Gasteiger partial charge in [0.25, 0.3) is 0 Å². The quantitative estimate of drug-likeness (QED) is 0.886. The first-order chi connectivity index (χ1) is 11.1. The molecule has 0 saturated heterocycles. The molecule has 4 nitrogen and oxygen atoms in total. The number of halogens is 1. The number of nitrogens with zero attached hydrogens (tertiary/aromatic N) is 1. The fourth-order valence-corrected chi connectivity index (χ4v) is 2.70. The van der Waals surface area contributed by atoms with Crippen LogP contribution in [-0.4, -0.2) is 23.3 Å². The summed E-state index contributed by atoms with van der Waals surface area (Å²) in [5.41, 5.74) is 2.87. The third kappa shape index (κ3) is 3.74. The van der Waals surface area contributed by atoms with Gasteiger partial charge < -0.3 is 10.2 Å². The number of amides is 2. The zero-order chi connectivity index (χ0) is 16.2. The molecule has 1 N–H and O–H groups in total. The fourth-order valence-electron chi connectivity index (χ4n) is 2.70. The van der Waals surface area contributed by atoms with E-state index in [9.17, 15) is 14.0 Å². The Balaban J connectivity index is 1.57. The first-order valence-electron chi connectivity index (χ1n) is 7.52. The number of hydrogen-bond donors (Lipinski definition) is 1. The highest BCUT2D eigenvalue weighted by molar-refractivity contribution is 6.03. The van der Waals surface area contributed by atoms with Crippen LogP contribution in [0.25, 0.3) is 0 Å². The topological polar surface area (TPSA) is 49.4 Å². The number of rotatable bonds is 3. The number of benzene rings is 2. The molecule has 0 spiro atoms. The van der Waals surface area contributed by atoms with Gasteiger partial charge in [0.05, 0.1) is 0 Å². The average molecular weight is 312 g/mol. The lowest BCUT2D eigenvalue weighted by Crippen LogP contribution is -2.37. The lowest BCUT2D eigenvalue weighted by atomic mass is 10.00. The Morgan fingerprint density at radius 3 is 2.48 bits per heavy atom. The summed E-state index contributed by atoms with van der Waals surface area (Å²) in [5, 5.41) is 2.61. The van der Waals surface area contributed by atoms with Crippen molar-refractivity contribution in [2.45, 2.75) is 19.4 Å². The van der Waals surface area contributed by atoms with Crippen molar-refractivity contribution in [3.63, 3.8) is 0 Å². The third-order valence-corrected chi connectivity index (χ3v) is 3.92. The van der Waals surface area contributed by atoms with E-state index in [0.29, 0.717) is 18.8 Å². The predicted molar refractivity (Wildman–Crippen MR) is 85.2 cm³/mol. The summed E-state index contributed by atoms with van der Waals surface area (Å²) < 4.78 is 12.8. The van der Waals surface area contributed by atoms with Crippen LogP contribution in [-0.2, 0) is 22.6 Å². The average Bonchev–Trinajstić information content (AvgIpc) is 2.56. The lowest BCUT2D eigenvalue weighted by Gasteiger charge is -2.28. The summed E-state index contributed by atoms with van der Waals surface area (Å²) in [4.78, 5) is 25.9. The molecule has 5 heteroatoms. The number of hydrogen-bond acceptors (Lipinski definition) is 2. The normalized spacial score (nSPS) is 13.3. The lowest BCUT2D eigenvalue weighted by molar-refractivity contribution is -0.135. The molecule has 23 heavy (non-hydrogen) atoms. The minimum absolute atomic E-state index is 0.195. The monoisotopic (exact) mass is 312 g/mol. The minimum atomic E-state index is -0.388. The largest absolute Gasteiger partial charge is 0.338 e. The van der Waals surface area contributed by atoms with E-state index < -0.39 is 0 Å². The fraction of sp³-hybridized carbons (Fsp3) is 0.222. The standard InChI is InChI=1S/C18H17FN2O2/c19-15-5-7-16(8-6-15)20-17(22)11-18(23)21-10-9-13-3-1-2-4-14(13)12-21/h1-8H,9-12H2,(H,20,22). The van der Waals surface area contributed by atoms with Crippen molar-refractivity contribution in [3.8, 4) is 0 Å². The first kappa shape index (κ1) is 15.2. The van der Waals surface area contributed by atoms with Gasteiger partial charge in [-0.15, -0.1) is 0 Å². The van der Waals surface area contributed by atoms with Gasteiger partial charge in [0, 0.05) is 18.8 Å². The molecule has 0 bridgehead atoms. The molecule has 0 fully saturated rings. The van der Waals surface area contributed by atoms with Gasteiger partial charge in [-0.3, -0.25) is 9.59 Å². The summed E-state index contributed by atoms with van der Waals surface area (Å²) in [5.74, 6) is -0.953. The highest BCUT2D eigenvalue weighted by Gasteiger charge is 2.22.